The van der Waals surface area contributed by atoms with Crippen molar-refractivity contribution in [2.24, 2.45) is 0 Å². The average molecular weight is 336 g/mol. The molecule has 0 amide bonds. The fourth-order valence-corrected chi connectivity index (χ4v) is 2.30. The van der Waals surface area contributed by atoms with E-state index in [-0.39, 0.29) is 5.54 Å². The maximum atomic E-state index is 5.24. The molecule has 4 nitrogen and oxygen atoms in total. The molecule has 0 fully saturated rings. The zero-order chi connectivity index (χ0) is 14.8. The van der Waals surface area contributed by atoms with Crippen molar-refractivity contribution in [3.8, 4) is 17.0 Å². The van der Waals surface area contributed by atoms with Crippen molar-refractivity contribution in [3.63, 3.8) is 0 Å². The van der Waals surface area contributed by atoms with Crippen LogP contribution >= 0.6 is 15.9 Å². The summed E-state index contributed by atoms with van der Waals surface area (Å²) < 4.78 is 6.15. The monoisotopic (exact) mass is 335 g/mol. The molecule has 2 aromatic rings. The highest BCUT2D eigenvalue weighted by Gasteiger charge is 2.21. The van der Waals surface area contributed by atoms with E-state index in [2.05, 4.69) is 45.1 Å². The van der Waals surface area contributed by atoms with Crippen LogP contribution in [0.1, 0.15) is 19.7 Å². The number of benzene rings is 1. The summed E-state index contributed by atoms with van der Waals surface area (Å²) in [6, 6.07) is 7.81. The van der Waals surface area contributed by atoms with E-state index < -0.39 is 0 Å². The summed E-state index contributed by atoms with van der Waals surface area (Å²) in [6.07, 6.45) is 1.79. The molecule has 0 radical (unpaired) electrons. The summed E-state index contributed by atoms with van der Waals surface area (Å²) in [4.78, 5) is 9.00. The number of hydrogen-bond donors (Lipinski definition) is 1. The Balaban J connectivity index is 2.43. The van der Waals surface area contributed by atoms with Crippen molar-refractivity contribution in [2.75, 3.05) is 14.2 Å². The summed E-state index contributed by atoms with van der Waals surface area (Å²) in [6.45, 7) is 4.10. The smallest absolute Gasteiger partial charge is 0.148 e. The second-order valence-electron chi connectivity index (χ2n) is 4.99. The van der Waals surface area contributed by atoms with E-state index in [0.717, 1.165) is 27.3 Å². The van der Waals surface area contributed by atoms with Gasteiger partial charge in [0, 0.05) is 11.8 Å². The van der Waals surface area contributed by atoms with Crippen molar-refractivity contribution in [3.05, 3.63) is 40.8 Å². The van der Waals surface area contributed by atoms with Crippen LogP contribution in [0.4, 0.5) is 0 Å². The topological polar surface area (TPSA) is 47.0 Å². The maximum Gasteiger partial charge on any atom is 0.148 e. The van der Waals surface area contributed by atoms with Gasteiger partial charge in [-0.2, -0.15) is 0 Å². The fourth-order valence-electron chi connectivity index (χ4n) is 1.76. The molecule has 0 saturated carbocycles. The predicted molar refractivity (Wildman–Crippen MR) is 83.8 cm³/mol. The average Bonchev–Trinajstić information content (AvgIpc) is 2.47. The summed E-state index contributed by atoms with van der Waals surface area (Å²) in [5.74, 6) is 1.57. The Hall–Kier alpha value is -1.46. The van der Waals surface area contributed by atoms with Crippen LogP contribution in [0.2, 0.25) is 0 Å². The van der Waals surface area contributed by atoms with Gasteiger partial charge in [-0.05, 0) is 61.1 Å². The largest absolute Gasteiger partial charge is 0.496 e. The van der Waals surface area contributed by atoms with Gasteiger partial charge < -0.3 is 10.1 Å². The van der Waals surface area contributed by atoms with Gasteiger partial charge in [-0.1, -0.05) is 0 Å². The van der Waals surface area contributed by atoms with Gasteiger partial charge in [0.05, 0.1) is 22.8 Å². The lowest BCUT2D eigenvalue weighted by Crippen LogP contribution is -2.35. The van der Waals surface area contributed by atoms with Gasteiger partial charge in [0.1, 0.15) is 11.6 Å². The first-order valence-electron chi connectivity index (χ1n) is 6.34. The minimum absolute atomic E-state index is 0.264. The van der Waals surface area contributed by atoms with E-state index in [4.69, 9.17) is 4.74 Å². The van der Waals surface area contributed by atoms with Crippen molar-refractivity contribution < 1.29 is 4.74 Å². The zero-order valence-electron chi connectivity index (χ0n) is 12.1. The third-order valence-electron chi connectivity index (χ3n) is 3.29. The molecule has 0 aliphatic carbocycles. The number of aromatic nitrogens is 2. The van der Waals surface area contributed by atoms with Gasteiger partial charge in [-0.15, -0.1) is 0 Å². The Morgan fingerprint density at radius 3 is 2.60 bits per heavy atom. The highest BCUT2D eigenvalue weighted by atomic mass is 79.9. The van der Waals surface area contributed by atoms with Crippen molar-refractivity contribution >= 4 is 15.9 Å². The first-order valence-corrected chi connectivity index (χ1v) is 7.13. The molecule has 1 aromatic heterocycles. The Labute approximate surface area is 127 Å². The minimum Gasteiger partial charge on any atom is -0.496 e. The van der Waals surface area contributed by atoms with Crippen LogP contribution < -0.4 is 10.1 Å². The highest BCUT2D eigenvalue weighted by molar-refractivity contribution is 9.10. The lowest BCUT2D eigenvalue weighted by atomic mass is 10.0. The van der Waals surface area contributed by atoms with E-state index in [1.165, 1.54) is 0 Å². The Kier molecular flexibility index (Phi) is 4.40. The van der Waals surface area contributed by atoms with E-state index in [0.29, 0.717) is 0 Å². The van der Waals surface area contributed by atoms with Gasteiger partial charge in [0.2, 0.25) is 0 Å². The Bertz CT molecular complexity index is 614. The number of nitrogens with zero attached hydrogens (tertiary/aromatic N) is 2. The van der Waals surface area contributed by atoms with Crippen molar-refractivity contribution in [2.45, 2.75) is 19.4 Å². The van der Waals surface area contributed by atoms with Crippen LogP contribution in [-0.2, 0) is 5.54 Å². The number of hydrogen-bond acceptors (Lipinski definition) is 4. The van der Waals surface area contributed by atoms with Crippen LogP contribution in [0.3, 0.4) is 0 Å². The quantitative estimate of drug-likeness (QED) is 0.930. The van der Waals surface area contributed by atoms with Crippen LogP contribution in [0.25, 0.3) is 11.3 Å². The minimum atomic E-state index is -0.264. The molecule has 0 atom stereocenters. The molecule has 5 heteroatoms. The van der Waals surface area contributed by atoms with E-state index >= 15 is 0 Å². The van der Waals surface area contributed by atoms with Gasteiger partial charge in [-0.3, -0.25) is 0 Å². The molecule has 0 saturated heterocycles. The highest BCUT2D eigenvalue weighted by Crippen LogP contribution is 2.30. The molecule has 1 N–H and O–H groups in total. The van der Waals surface area contributed by atoms with Crippen molar-refractivity contribution in [1.82, 2.24) is 15.3 Å². The molecular weight excluding hydrogens is 318 g/mol. The molecule has 1 aromatic carbocycles. The number of rotatable bonds is 4. The van der Waals surface area contributed by atoms with E-state index in [1.807, 2.05) is 31.3 Å². The maximum absolute atomic E-state index is 5.24. The molecule has 1 heterocycles. The number of ether oxygens (including phenoxy) is 1. The molecule has 0 bridgehead atoms. The summed E-state index contributed by atoms with van der Waals surface area (Å²) in [5, 5.41) is 3.21. The number of methoxy groups -OCH3 is 1. The summed E-state index contributed by atoms with van der Waals surface area (Å²) >= 11 is 3.50. The van der Waals surface area contributed by atoms with Crippen LogP contribution in [-0.4, -0.2) is 24.1 Å². The van der Waals surface area contributed by atoms with Gasteiger partial charge in [0.25, 0.3) is 0 Å². The fraction of sp³-hybridized carbons (Fsp3) is 0.333. The molecule has 20 heavy (non-hydrogen) atoms. The summed E-state index contributed by atoms with van der Waals surface area (Å²) in [7, 11) is 3.55. The predicted octanol–water partition coefficient (Wildman–Crippen LogP) is 3.37. The standard InChI is InChI=1S/C15H18BrN3O/c1-15(2,17-3)14-18-8-7-12(19-14)10-5-6-13(20-4)11(16)9-10/h5-9,17H,1-4H3. The van der Waals surface area contributed by atoms with Gasteiger partial charge in [0.15, 0.2) is 0 Å². The van der Waals surface area contributed by atoms with Crippen molar-refractivity contribution in [1.29, 1.82) is 0 Å². The SMILES string of the molecule is CNC(C)(C)c1nccc(-c2ccc(OC)c(Br)c2)n1. The second-order valence-corrected chi connectivity index (χ2v) is 5.84. The van der Waals surface area contributed by atoms with Gasteiger partial charge in [-0.25, -0.2) is 9.97 Å². The van der Waals surface area contributed by atoms with E-state index in [1.54, 1.807) is 13.3 Å². The van der Waals surface area contributed by atoms with Gasteiger partial charge >= 0.3 is 0 Å². The number of nitrogens with one attached hydrogen (secondary N) is 1. The molecule has 0 aliphatic rings. The van der Waals surface area contributed by atoms with Crippen LogP contribution in [0, 0.1) is 0 Å². The second kappa shape index (κ2) is 5.89. The lowest BCUT2D eigenvalue weighted by Gasteiger charge is -2.22. The number of halogens is 1. The van der Waals surface area contributed by atoms with Crippen LogP contribution in [0.15, 0.2) is 34.9 Å². The molecular formula is C15H18BrN3O. The molecule has 0 aliphatic heterocycles. The third kappa shape index (κ3) is 2.99. The molecule has 2 rings (SSSR count). The first-order chi connectivity index (χ1) is 9.47. The Morgan fingerprint density at radius 1 is 1.25 bits per heavy atom. The summed E-state index contributed by atoms with van der Waals surface area (Å²) in [5.41, 5.74) is 1.65. The first kappa shape index (κ1) is 14.9. The molecule has 0 spiro atoms. The zero-order valence-corrected chi connectivity index (χ0v) is 13.7. The molecule has 0 unspecified atom stereocenters. The third-order valence-corrected chi connectivity index (χ3v) is 3.91. The van der Waals surface area contributed by atoms with E-state index in [9.17, 15) is 0 Å². The lowest BCUT2D eigenvalue weighted by molar-refractivity contribution is 0.412. The normalized spacial score (nSPS) is 11.4. The Morgan fingerprint density at radius 2 is 2.00 bits per heavy atom. The van der Waals surface area contributed by atoms with Crippen LogP contribution in [0.5, 0.6) is 5.75 Å². The molecule has 106 valence electrons.